The summed E-state index contributed by atoms with van der Waals surface area (Å²) >= 11 is 0. The van der Waals surface area contributed by atoms with Crippen LogP contribution in [0, 0.1) is 6.92 Å². The summed E-state index contributed by atoms with van der Waals surface area (Å²) in [6, 6.07) is 8.51. The van der Waals surface area contributed by atoms with Gasteiger partial charge in [-0.25, -0.2) is 9.97 Å². The summed E-state index contributed by atoms with van der Waals surface area (Å²) in [5.41, 5.74) is 2.15. The van der Waals surface area contributed by atoms with Gasteiger partial charge in [0.1, 0.15) is 5.69 Å². The molecule has 0 bridgehead atoms. The average Bonchev–Trinajstić information content (AvgIpc) is 2.59. The van der Waals surface area contributed by atoms with E-state index in [2.05, 4.69) is 22.2 Å². The van der Waals surface area contributed by atoms with Gasteiger partial charge in [0.25, 0.3) is 5.91 Å². The molecular weight excluding hydrogens is 316 g/mol. The lowest BCUT2D eigenvalue weighted by molar-refractivity contribution is 0.100. The zero-order valence-corrected chi connectivity index (χ0v) is 15.2. The first kappa shape index (κ1) is 18.6. The molecule has 0 aliphatic rings. The zero-order chi connectivity index (χ0) is 18.4. The number of ketones is 1. The van der Waals surface area contributed by atoms with Crippen LogP contribution in [0.5, 0.6) is 0 Å². The number of benzene rings is 1. The standard InChI is InChI=1S/C19H24N4O2/c1-5-6-10-23(4)19-20-13(2)11-17(22-19)18(25)21-16-9-7-8-15(12-16)14(3)24/h7-9,11-12H,5-6,10H2,1-4H3,(H,21,25). The number of hydrogen-bond donors (Lipinski definition) is 1. The minimum Gasteiger partial charge on any atom is -0.344 e. The Labute approximate surface area is 148 Å². The van der Waals surface area contributed by atoms with E-state index in [0.717, 1.165) is 25.1 Å². The summed E-state index contributed by atoms with van der Waals surface area (Å²) in [5, 5.41) is 2.79. The van der Waals surface area contributed by atoms with Gasteiger partial charge in [-0.3, -0.25) is 9.59 Å². The van der Waals surface area contributed by atoms with Gasteiger partial charge in [-0.2, -0.15) is 0 Å². The third-order valence-corrected chi connectivity index (χ3v) is 3.79. The molecule has 1 heterocycles. The number of unbranched alkanes of at least 4 members (excludes halogenated alkanes) is 1. The molecule has 1 N–H and O–H groups in total. The maximum atomic E-state index is 12.5. The monoisotopic (exact) mass is 340 g/mol. The van der Waals surface area contributed by atoms with Gasteiger partial charge in [0.05, 0.1) is 0 Å². The van der Waals surface area contributed by atoms with Crippen LogP contribution in [0.4, 0.5) is 11.6 Å². The van der Waals surface area contributed by atoms with Crippen LogP contribution in [-0.2, 0) is 0 Å². The summed E-state index contributed by atoms with van der Waals surface area (Å²) in [6.07, 6.45) is 2.11. The Morgan fingerprint density at radius 3 is 2.64 bits per heavy atom. The van der Waals surface area contributed by atoms with Crippen LogP contribution >= 0.6 is 0 Å². The van der Waals surface area contributed by atoms with Crippen molar-refractivity contribution in [2.75, 3.05) is 23.8 Å². The maximum Gasteiger partial charge on any atom is 0.274 e. The van der Waals surface area contributed by atoms with E-state index < -0.39 is 0 Å². The lowest BCUT2D eigenvalue weighted by Gasteiger charge is -2.17. The lowest BCUT2D eigenvalue weighted by Crippen LogP contribution is -2.23. The van der Waals surface area contributed by atoms with Crippen LogP contribution in [-0.4, -0.2) is 35.3 Å². The van der Waals surface area contributed by atoms with Crippen LogP contribution < -0.4 is 10.2 Å². The van der Waals surface area contributed by atoms with Crippen LogP contribution in [0.3, 0.4) is 0 Å². The second kappa shape index (κ2) is 8.37. The molecule has 6 nitrogen and oxygen atoms in total. The van der Waals surface area contributed by atoms with Gasteiger partial charge in [0, 0.05) is 30.5 Å². The SMILES string of the molecule is CCCCN(C)c1nc(C)cc(C(=O)Nc2cccc(C(C)=O)c2)n1. The molecule has 0 spiro atoms. The predicted molar refractivity (Wildman–Crippen MR) is 99.3 cm³/mol. The van der Waals surface area contributed by atoms with Crippen molar-refractivity contribution in [3.05, 3.63) is 47.3 Å². The van der Waals surface area contributed by atoms with Gasteiger partial charge in [0.2, 0.25) is 5.95 Å². The third-order valence-electron chi connectivity index (χ3n) is 3.79. The van der Waals surface area contributed by atoms with Crippen molar-refractivity contribution in [3.63, 3.8) is 0 Å². The number of Topliss-reactive ketones (excluding diaryl/α,β-unsaturated/α-hetero) is 1. The minimum absolute atomic E-state index is 0.0474. The topological polar surface area (TPSA) is 75.2 Å². The quantitative estimate of drug-likeness (QED) is 0.781. The summed E-state index contributed by atoms with van der Waals surface area (Å²) in [7, 11) is 1.92. The van der Waals surface area contributed by atoms with Crippen LogP contribution in [0.2, 0.25) is 0 Å². The second-order valence-corrected chi connectivity index (χ2v) is 6.06. The Morgan fingerprint density at radius 1 is 1.20 bits per heavy atom. The van der Waals surface area contributed by atoms with Gasteiger partial charge in [-0.05, 0) is 38.5 Å². The molecule has 25 heavy (non-hydrogen) atoms. The highest BCUT2D eigenvalue weighted by Crippen LogP contribution is 2.14. The first-order valence-electron chi connectivity index (χ1n) is 8.40. The fourth-order valence-electron chi connectivity index (χ4n) is 2.35. The van der Waals surface area contributed by atoms with E-state index in [0.29, 0.717) is 22.9 Å². The fraction of sp³-hybridized carbons (Fsp3) is 0.368. The number of nitrogens with one attached hydrogen (secondary N) is 1. The van der Waals surface area contributed by atoms with E-state index in [1.807, 2.05) is 18.9 Å². The first-order chi connectivity index (χ1) is 11.9. The molecule has 6 heteroatoms. The van der Waals surface area contributed by atoms with Crippen molar-refractivity contribution in [1.29, 1.82) is 0 Å². The number of anilines is 2. The molecule has 132 valence electrons. The smallest absolute Gasteiger partial charge is 0.274 e. The summed E-state index contributed by atoms with van der Waals surface area (Å²) in [5.74, 6) is 0.168. The van der Waals surface area contributed by atoms with E-state index in [9.17, 15) is 9.59 Å². The second-order valence-electron chi connectivity index (χ2n) is 6.06. The van der Waals surface area contributed by atoms with E-state index in [4.69, 9.17) is 0 Å². The fourth-order valence-corrected chi connectivity index (χ4v) is 2.35. The van der Waals surface area contributed by atoms with E-state index in [-0.39, 0.29) is 11.7 Å². The number of rotatable bonds is 7. The molecular formula is C19H24N4O2. The Kier molecular flexibility index (Phi) is 6.22. The highest BCUT2D eigenvalue weighted by Gasteiger charge is 2.13. The number of aryl methyl sites for hydroxylation is 1. The molecule has 0 aliphatic carbocycles. The van der Waals surface area contributed by atoms with Crippen LogP contribution in [0.1, 0.15) is 53.2 Å². The summed E-state index contributed by atoms with van der Waals surface area (Å²) in [6.45, 7) is 6.29. The molecule has 1 amide bonds. The van der Waals surface area contributed by atoms with Gasteiger partial charge in [0.15, 0.2) is 5.78 Å². The normalized spacial score (nSPS) is 10.4. The van der Waals surface area contributed by atoms with Gasteiger partial charge >= 0.3 is 0 Å². The predicted octanol–water partition coefficient (Wildman–Crippen LogP) is 3.48. The molecule has 0 atom stereocenters. The molecule has 0 aliphatic heterocycles. The molecule has 0 radical (unpaired) electrons. The maximum absolute atomic E-state index is 12.5. The van der Waals surface area contributed by atoms with E-state index in [1.54, 1.807) is 30.3 Å². The third kappa shape index (κ3) is 5.11. The molecule has 0 saturated carbocycles. The molecule has 1 aromatic heterocycles. The first-order valence-corrected chi connectivity index (χ1v) is 8.40. The molecule has 1 aromatic carbocycles. The number of amides is 1. The van der Waals surface area contributed by atoms with Crippen molar-refractivity contribution >= 4 is 23.3 Å². The Hall–Kier alpha value is -2.76. The zero-order valence-electron chi connectivity index (χ0n) is 15.2. The highest BCUT2D eigenvalue weighted by atomic mass is 16.2. The number of carbonyl (C=O) groups is 2. The Bertz CT molecular complexity index is 774. The van der Waals surface area contributed by atoms with E-state index in [1.165, 1.54) is 6.92 Å². The minimum atomic E-state index is -0.323. The molecule has 2 rings (SSSR count). The largest absolute Gasteiger partial charge is 0.344 e. The van der Waals surface area contributed by atoms with Crippen LogP contribution in [0.15, 0.2) is 30.3 Å². The Balaban J connectivity index is 2.20. The molecule has 0 unspecified atom stereocenters. The molecule has 2 aromatic rings. The van der Waals surface area contributed by atoms with E-state index >= 15 is 0 Å². The number of carbonyl (C=O) groups excluding carboxylic acids is 2. The molecule has 0 fully saturated rings. The van der Waals surface area contributed by atoms with Gasteiger partial charge in [-0.15, -0.1) is 0 Å². The Morgan fingerprint density at radius 2 is 1.96 bits per heavy atom. The highest BCUT2D eigenvalue weighted by molar-refractivity contribution is 6.04. The van der Waals surface area contributed by atoms with Crippen molar-refractivity contribution in [1.82, 2.24) is 9.97 Å². The lowest BCUT2D eigenvalue weighted by atomic mass is 10.1. The van der Waals surface area contributed by atoms with Crippen molar-refractivity contribution in [3.8, 4) is 0 Å². The van der Waals surface area contributed by atoms with Crippen molar-refractivity contribution < 1.29 is 9.59 Å². The molecule has 0 saturated heterocycles. The van der Waals surface area contributed by atoms with Gasteiger partial charge < -0.3 is 10.2 Å². The van der Waals surface area contributed by atoms with Crippen molar-refractivity contribution in [2.45, 2.75) is 33.6 Å². The summed E-state index contributed by atoms with van der Waals surface area (Å²) < 4.78 is 0. The summed E-state index contributed by atoms with van der Waals surface area (Å²) in [4.78, 5) is 34.7. The van der Waals surface area contributed by atoms with Crippen LogP contribution in [0.25, 0.3) is 0 Å². The number of aromatic nitrogens is 2. The number of hydrogen-bond acceptors (Lipinski definition) is 5. The average molecular weight is 340 g/mol. The van der Waals surface area contributed by atoms with Crippen molar-refractivity contribution in [2.24, 2.45) is 0 Å². The number of nitrogens with zero attached hydrogens (tertiary/aromatic N) is 3. The van der Waals surface area contributed by atoms with Gasteiger partial charge in [-0.1, -0.05) is 25.5 Å².